The lowest BCUT2D eigenvalue weighted by Crippen LogP contribution is -3.04. The Labute approximate surface area is 193 Å². The van der Waals surface area contributed by atoms with Crippen LogP contribution in [0.3, 0.4) is 0 Å². The summed E-state index contributed by atoms with van der Waals surface area (Å²) in [5.74, 6) is -0.962. The molecule has 0 spiro atoms. The number of alkyl halides is 3. The van der Waals surface area contributed by atoms with Gasteiger partial charge in [0.2, 0.25) is 0 Å². The quantitative estimate of drug-likeness (QED) is 0.519. The third-order valence-electron chi connectivity index (χ3n) is 5.12. The number of nitrogens with zero attached hydrogens (tertiary/aromatic N) is 2. The highest BCUT2D eigenvalue weighted by molar-refractivity contribution is 6.30. The van der Waals surface area contributed by atoms with Crippen molar-refractivity contribution in [3.63, 3.8) is 0 Å². The Balaban J connectivity index is 2.46. The van der Waals surface area contributed by atoms with Gasteiger partial charge in [-0.25, -0.2) is 10.1 Å². The molecule has 1 heterocycles. The van der Waals surface area contributed by atoms with E-state index in [1.54, 1.807) is 19.0 Å². The minimum absolute atomic E-state index is 0.0128. The number of halogens is 4. The molecule has 3 aromatic rings. The smallest absolute Gasteiger partial charge is 0.420 e. The van der Waals surface area contributed by atoms with Crippen molar-refractivity contribution in [2.24, 2.45) is 0 Å². The molecule has 2 aromatic carbocycles. The van der Waals surface area contributed by atoms with E-state index >= 15 is 0 Å². The van der Waals surface area contributed by atoms with Gasteiger partial charge < -0.3 is 14.8 Å². The Morgan fingerprint density at radius 2 is 1.79 bits per heavy atom. The maximum atomic E-state index is 14.2. The number of hydroxylamine groups is 2. The number of fused-ring (bicyclic) bond motifs is 1. The van der Waals surface area contributed by atoms with Crippen molar-refractivity contribution in [1.82, 2.24) is 9.47 Å². The lowest BCUT2D eigenvalue weighted by Gasteiger charge is -2.20. The Kier molecular flexibility index (Phi) is 7.35. The van der Waals surface area contributed by atoms with Crippen molar-refractivity contribution in [3.8, 4) is 5.75 Å². The van der Waals surface area contributed by atoms with Crippen molar-refractivity contribution in [3.05, 3.63) is 69.0 Å². The van der Waals surface area contributed by atoms with Gasteiger partial charge in [-0.1, -0.05) is 11.6 Å². The Bertz CT molecular complexity index is 1160. The number of carbonyl (C=O) groups is 1. The number of hydrogen-bond acceptors (Lipinski definition) is 5. The van der Waals surface area contributed by atoms with Crippen LogP contribution in [0.2, 0.25) is 5.02 Å². The van der Waals surface area contributed by atoms with Gasteiger partial charge in [0.1, 0.15) is 17.9 Å². The summed E-state index contributed by atoms with van der Waals surface area (Å²) in [5, 5.41) is 11.6. The molecule has 0 radical (unpaired) electrons. The van der Waals surface area contributed by atoms with E-state index in [9.17, 15) is 23.2 Å². The third kappa shape index (κ3) is 4.99. The van der Waals surface area contributed by atoms with E-state index < -0.39 is 35.2 Å². The van der Waals surface area contributed by atoms with E-state index in [0.717, 1.165) is 20.3 Å². The molecule has 11 heteroatoms. The summed E-state index contributed by atoms with van der Waals surface area (Å²) >= 11 is 5.92. The Morgan fingerprint density at radius 1 is 1.15 bits per heavy atom. The fourth-order valence-corrected chi connectivity index (χ4v) is 3.89. The summed E-state index contributed by atoms with van der Waals surface area (Å²) in [4.78, 5) is 20.0. The van der Waals surface area contributed by atoms with Gasteiger partial charge in [-0.3, -0.25) is 9.36 Å². The van der Waals surface area contributed by atoms with E-state index in [1.165, 1.54) is 34.9 Å². The molecule has 0 saturated carbocycles. The average molecular weight is 486 g/mol. The number of ether oxygens (including phenoxy) is 1. The molecule has 0 aliphatic rings. The zero-order valence-corrected chi connectivity index (χ0v) is 19.2. The van der Waals surface area contributed by atoms with Gasteiger partial charge in [-0.05, 0) is 50.5 Å². The fourth-order valence-electron chi connectivity index (χ4n) is 3.77. The highest BCUT2D eigenvalue weighted by Gasteiger charge is 2.40. The first-order valence-electron chi connectivity index (χ1n) is 9.81. The lowest BCUT2D eigenvalue weighted by molar-refractivity contribution is -1.06. The maximum Gasteiger partial charge on any atom is 0.420 e. The summed E-state index contributed by atoms with van der Waals surface area (Å²) in [6.07, 6.45) is -4.80. The molecule has 3 rings (SSSR count). The van der Waals surface area contributed by atoms with E-state index in [2.05, 4.69) is 0 Å². The van der Waals surface area contributed by atoms with E-state index in [1.807, 2.05) is 0 Å². The maximum absolute atomic E-state index is 14.2. The largest absolute Gasteiger partial charge is 0.600 e. The standard InChI is InChI=1S/C22H23ClF3N3O4/c1-27(2)12-17-15(11-28(31)33-4)19-16(9-10-18(32-3)20(19)22(24,25)26)29(17)21(30)13-5-7-14(23)8-6-13/h5-10,28H,11-12H2,1-4H3. The van der Waals surface area contributed by atoms with Crippen LogP contribution in [0.1, 0.15) is 27.2 Å². The number of aromatic nitrogens is 1. The van der Waals surface area contributed by atoms with Crippen molar-refractivity contribution in [2.75, 3.05) is 28.3 Å². The molecule has 1 N–H and O–H groups in total. The first-order valence-corrected chi connectivity index (χ1v) is 10.2. The van der Waals surface area contributed by atoms with Crippen LogP contribution in [0.15, 0.2) is 36.4 Å². The summed E-state index contributed by atoms with van der Waals surface area (Å²) < 4.78 is 48.9. The van der Waals surface area contributed by atoms with Crippen molar-refractivity contribution in [1.29, 1.82) is 0 Å². The van der Waals surface area contributed by atoms with Crippen LogP contribution in [0.4, 0.5) is 13.2 Å². The van der Waals surface area contributed by atoms with Gasteiger partial charge in [0.15, 0.2) is 0 Å². The monoisotopic (exact) mass is 485 g/mol. The lowest BCUT2D eigenvalue weighted by atomic mass is 10.0. The molecule has 7 nitrogen and oxygen atoms in total. The van der Waals surface area contributed by atoms with Crippen LogP contribution in [0, 0.1) is 5.21 Å². The minimum Gasteiger partial charge on any atom is -0.600 e. The zero-order valence-electron chi connectivity index (χ0n) is 18.4. The van der Waals surface area contributed by atoms with Gasteiger partial charge in [0.25, 0.3) is 5.91 Å². The van der Waals surface area contributed by atoms with Gasteiger partial charge in [-0.15, -0.1) is 0 Å². The summed E-state index contributed by atoms with van der Waals surface area (Å²) in [6, 6.07) is 8.57. The summed E-state index contributed by atoms with van der Waals surface area (Å²) in [6.45, 7) is -0.354. The molecule has 0 saturated heterocycles. The second kappa shape index (κ2) is 9.70. The number of quaternary nitrogens is 1. The molecule has 0 aliphatic carbocycles. The molecule has 178 valence electrons. The second-order valence-electron chi connectivity index (χ2n) is 7.60. The molecule has 33 heavy (non-hydrogen) atoms. The van der Waals surface area contributed by atoms with Crippen LogP contribution in [-0.2, 0) is 24.1 Å². The highest BCUT2D eigenvalue weighted by Crippen LogP contribution is 2.44. The normalized spacial score (nSPS) is 13.0. The molecule has 0 fully saturated rings. The Morgan fingerprint density at radius 3 is 2.30 bits per heavy atom. The molecule has 0 aliphatic heterocycles. The fraction of sp³-hybridized carbons (Fsp3) is 0.318. The van der Waals surface area contributed by atoms with Crippen molar-refractivity contribution in [2.45, 2.75) is 19.3 Å². The molecule has 1 aromatic heterocycles. The van der Waals surface area contributed by atoms with Crippen LogP contribution in [-0.4, -0.2) is 43.7 Å². The molecular formula is C22H23ClF3N3O4. The zero-order chi connectivity index (χ0) is 24.5. The molecule has 1 unspecified atom stereocenters. The van der Waals surface area contributed by atoms with Crippen LogP contribution >= 0.6 is 11.6 Å². The highest BCUT2D eigenvalue weighted by atomic mass is 35.5. The SMILES string of the molecule is COc1ccc2c(c(C[NH+]([O-])OC)c(CN(C)C)n2C(=O)c2ccc(Cl)cc2)c1C(F)(F)F. The number of rotatable bonds is 7. The van der Waals surface area contributed by atoms with Crippen molar-refractivity contribution >= 4 is 28.4 Å². The summed E-state index contributed by atoms with van der Waals surface area (Å²) in [5.41, 5.74) is -0.508. The van der Waals surface area contributed by atoms with E-state index in [4.69, 9.17) is 21.2 Å². The van der Waals surface area contributed by atoms with Gasteiger partial charge in [0.05, 0.1) is 25.4 Å². The van der Waals surface area contributed by atoms with Gasteiger partial charge >= 0.3 is 6.18 Å². The molecule has 0 bridgehead atoms. The van der Waals surface area contributed by atoms with Crippen molar-refractivity contribution < 1.29 is 32.8 Å². The third-order valence-corrected chi connectivity index (χ3v) is 5.37. The van der Waals surface area contributed by atoms with Crippen LogP contribution in [0.5, 0.6) is 5.75 Å². The molecule has 1 atom stereocenters. The minimum atomic E-state index is -4.80. The topological polar surface area (TPSA) is 71.2 Å². The predicted molar refractivity (Wildman–Crippen MR) is 117 cm³/mol. The predicted octanol–water partition coefficient (Wildman–Crippen LogP) is 3.52. The summed E-state index contributed by atoms with van der Waals surface area (Å²) in [7, 11) is 5.70. The average Bonchev–Trinajstić information content (AvgIpc) is 3.04. The van der Waals surface area contributed by atoms with Crippen LogP contribution in [0.25, 0.3) is 10.9 Å². The van der Waals surface area contributed by atoms with E-state index in [-0.39, 0.29) is 34.3 Å². The molecular weight excluding hydrogens is 463 g/mol. The first kappa shape index (κ1) is 25.0. The number of benzene rings is 2. The van der Waals surface area contributed by atoms with Crippen LogP contribution < -0.4 is 9.96 Å². The number of hydrogen-bond donors (Lipinski definition) is 1. The molecule has 0 amide bonds. The van der Waals surface area contributed by atoms with Gasteiger partial charge in [0, 0.05) is 28.1 Å². The first-order chi connectivity index (χ1) is 15.5. The number of nitrogens with one attached hydrogen (secondary N) is 1. The second-order valence-corrected chi connectivity index (χ2v) is 8.03. The number of methoxy groups -OCH3 is 1. The van der Waals surface area contributed by atoms with E-state index in [0.29, 0.717) is 5.02 Å². The van der Waals surface area contributed by atoms with Gasteiger partial charge in [-0.2, -0.15) is 13.2 Å². The Hall–Kier alpha value is -2.63. The number of carbonyl (C=O) groups excluding carboxylic acids is 1.